The highest BCUT2D eigenvalue weighted by atomic mass is 32.2. The lowest BCUT2D eigenvalue weighted by molar-refractivity contribution is 0.569. The SMILES string of the molecule is Cc1ccc(CSc2nc3ccccc3c(=O)n2CCC2=CCCCC2)cc1. The number of aryl methyl sites for hydroxylation is 1. The van der Waals surface area contributed by atoms with Crippen molar-refractivity contribution in [1.29, 1.82) is 0 Å². The van der Waals surface area contributed by atoms with Crippen LogP contribution in [0.25, 0.3) is 10.9 Å². The van der Waals surface area contributed by atoms with E-state index in [4.69, 9.17) is 4.98 Å². The van der Waals surface area contributed by atoms with Crippen LogP contribution in [0.1, 0.15) is 43.2 Å². The van der Waals surface area contributed by atoms with Crippen molar-refractivity contribution in [1.82, 2.24) is 9.55 Å². The Morgan fingerprint density at radius 3 is 2.68 bits per heavy atom. The molecule has 0 atom stereocenters. The topological polar surface area (TPSA) is 34.9 Å². The summed E-state index contributed by atoms with van der Waals surface area (Å²) in [4.78, 5) is 18.0. The Balaban J connectivity index is 1.63. The van der Waals surface area contributed by atoms with Gasteiger partial charge in [0.15, 0.2) is 5.16 Å². The minimum atomic E-state index is 0.0772. The average molecular weight is 391 g/mol. The molecular weight excluding hydrogens is 364 g/mol. The summed E-state index contributed by atoms with van der Waals surface area (Å²) in [6.07, 6.45) is 8.21. The summed E-state index contributed by atoms with van der Waals surface area (Å²) in [5.41, 5.74) is 4.86. The van der Waals surface area contributed by atoms with Gasteiger partial charge in [-0.1, -0.05) is 65.4 Å². The van der Waals surface area contributed by atoms with E-state index in [1.165, 1.54) is 42.4 Å². The molecule has 144 valence electrons. The fourth-order valence-electron chi connectivity index (χ4n) is 3.67. The molecule has 0 radical (unpaired) electrons. The second-order valence-corrected chi connectivity index (χ2v) is 8.44. The van der Waals surface area contributed by atoms with Crippen LogP contribution >= 0.6 is 11.8 Å². The van der Waals surface area contributed by atoms with E-state index >= 15 is 0 Å². The number of rotatable bonds is 6. The molecule has 0 N–H and O–H groups in total. The van der Waals surface area contributed by atoms with Crippen LogP contribution in [0.4, 0.5) is 0 Å². The molecule has 0 fully saturated rings. The number of hydrogen-bond donors (Lipinski definition) is 0. The van der Waals surface area contributed by atoms with Gasteiger partial charge in [0.05, 0.1) is 10.9 Å². The normalized spacial score (nSPS) is 14.2. The van der Waals surface area contributed by atoms with Gasteiger partial charge in [0.2, 0.25) is 0 Å². The lowest BCUT2D eigenvalue weighted by Gasteiger charge is -2.16. The van der Waals surface area contributed by atoms with E-state index in [9.17, 15) is 4.79 Å². The molecular formula is C24H26N2OS. The lowest BCUT2D eigenvalue weighted by Crippen LogP contribution is -2.23. The third-order valence-corrected chi connectivity index (χ3v) is 6.40. The molecule has 0 saturated heterocycles. The number of aromatic nitrogens is 2. The predicted molar refractivity (Wildman–Crippen MR) is 118 cm³/mol. The molecule has 0 spiro atoms. The molecule has 0 amide bonds. The summed E-state index contributed by atoms with van der Waals surface area (Å²) >= 11 is 1.65. The molecule has 0 bridgehead atoms. The van der Waals surface area contributed by atoms with Crippen LogP contribution in [-0.2, 0) is 12.3 Å². The molecule has 1 heterocycles. The van der Waals surface area contributed by atoms with E-state index in [-0.39, 0.29) is 5.56 Å². The van der Waals surface area contributed by atoms with Crippen molar-refractivity contribution in [2.45, 2.75) is 56.5 Å². The Morgan fingerprint density at radius 1 is 1.07 bits per heavy atom. The second kappa shape index (κ2) is 8.78. The highest BCUT2D eigenvalue weighted by molar-refractivity contribution is 7.98. The fourth-order valence-corrected chi connectivity index (χ4v) is 4.66. The Kier molecular flexibility index (Phi) is 5.96. The van der Waals surface area contributed by atoms with Crippen LogP contribution in [0, 0.1) is 6.92 Å². The van der Waals surface area contributed by atoms with Crippen molar-refractivity contribution >= 4 is 22.7 Å². The van der Waals surface area contributed by atoms with Crippen LogP contribution in [0.15, 0.2) is 70.1 Å². The molecule has 2 aromatic carbocycles. The van der Waals surface area contributed by atoms with Gasteiger partial charge in [0, 0.05) is 12.3 Å². The first-order chi connectivity index (χ1) is 13.7. The van der Waals surface area contributed by atoms with Crippen molar-refractivity contribution in [3.8, 4) is 0 Å². The van der Waals surface area contributed by atoms with Crippen molar-refractivity contribution in [3.63, 3.8) is 0 Å². The van der Waals surface area contributed by atoms with Gasteiger partial charge in [-0.3, -0.25) is 9.36 Å². The maximum absolute atomic E-state index is 13.2. The van der Waals surface area contributed by atoms with Gasteiger partial charge in [-0.05, 0) is 56.7 Å². The molecule has 28 heavy (non-hydrogen) atoms. The maximum atomic E-state index is 13.2. The monoisotopic (exact) mass is 390 g/mol. The number of para-hydroxylation sites is 1. The van der Waals surface area contributed by atoms with Crippen molar-refractivity contribution in [3.05, 3.63) is 81.7 Å². The maximum Gasteiger partial charge on any atom is 0.262 e. The number of hydrogen-bond acceptors (Lipinski definition) is 3. The van der Waals surface area contributed by atoms with Gasteiger partial charge in [-0.25, -0.2) is 4.98 Å². The van der Waals surface area contributed by atoms with Crippen molar-refractivity contribution < 1.29 is 0 Å². The van der Waals surface area contributed by atoms with Crippen LogP contribution in [0.5, 0.6) is 0 Å². The zero-order valence-corrected chi connectivity index (χ0v) is 17.2. The van der Waals surface area contributed by atoms with E-state index in [1.54, 1.807) is 11.8 Å². The molecule has 4 heteroatoms. The molecule has 1 aromatic heterocycles. The number of thioether (sulfide) groups is 1. The van der Waals surface area contributed by atoms with Crippen molar-refractivity contribution in [2.24, 2.45) is 0 Å². The molecule has 1 aliphatic carbocycles. The third kappa shape index (κ3) is 4.39. The molecule has 0 unspecified atom stereocenters. The summed E-state index contributed by atoms with van der Waals surface area (Å²) < 4.78 is 1.89. The van der Waals surface area contributed by atoms with Gasteiger partial charge >= 0.3 is 0 Å². The van der Waals surface area contributed by atoms with E-state index in [0.29, 0.717) is 11.9 Å². The molecule has 3 aromatic rings. The summed E-state index contributed by atoms with van der Waals surface area (Å²) in [6.45, 7) is 2.80. The molecule has 4 rings (SSSR count). The summed E-state index contributed by atoms with van der Waals surface area (Å²) in [6, 6.07) is 16.2. The van der Waals surface area contributed by atoms with Crippen LogP contribution in [0.2, 0.25) is 0 Å². The number of benzene rings is 2. The minimum Gasteiger partial charge on any atom is -0.287 e. The molecule has 1 aliphatic rings. The van der Waals surface area contributed by atoms with E-state index in [2.05, 4.69) is 37.3 Å². The van der Waals surface area contributed by atoms with Gasteiger partial charge in [0.25, 0.3) is 5.56 Å². The molecule has 3 nitrogen and oxygen atoms in total. The number of allylic oxidation sites excluding steroid dienone is 2. The highest BCUT2D eigenvalue weighted by Crippen LogP contribution is 2.25. The Hall–Kier alpha value is -2.33. The third-order valence-electron chi connectivity index (χ3n) is 5.36. The number of fused-ring (bicyclic) bond motifs is 1. The highest BCUT2D eigenvalue weighted by Gasteiger charge is 2.13. The van der Waals surface area contributed by atoms with Crippen LogP contribution in [0.3, 0.4) is 0 Å². The molecule has 0 aliphatic heterocycles. The largest absolute Gasteiger partial charge is 0.287 e. The standard InChI is InChI=1S/C24H26N2OS/c1-18-11-13-20(14-12-18)17-28-24-25-22-10-6-5-9-21(22)23(27)26(24)16-15-19-7-3-2-4-8-19/h5-7,9-14H,2-4,8,15-17H2,1H3. The fraction of sp³-hybridized carbons (Fsp3) is 0.333. The van der Waals surface area contributed by atoms with Gasteiger partial charge < -0.3 is 0 Å². The van der Waals surface area contributed by atoms with E-state index in [1.807, 2.05) is 28.8 Å². The number of nitrogens with zero attached hydrogens (tertiary/aromatic N) is 2. The Labute approximate surface area is 170 Å². The second-order valence-electron chi connectivity index (χ2n) is 7.50. The quantitative estimate of drug-likeness (QED) is 0.299. The smallest absolute Gasteiger partial charge is 0.262 e. The minimum absolute atomic E-state index is 0.0772. The summed E-state index contributed by atoms with van der Waals surface area (Å²) in [5, 5.41) is 1.53. The zero-order chi connectivity index (χ0) is 19.3. The van der Waals surface area contributed by atoms with Crippen LogP contribution < -0.4 is 5.56 Å². The van der Waals surface area contributed by atoms with Gasteiger partial charge in [-0.15, -0.1) is 0 Å². The predicted octanol–water partition coefficient (Wildman–Crippen LogP) is 5.89. The first kappa shape index (κ1) is 19.0. The first-order valence-corrected chi connectivity index (χ1v) is 11.0. The van der Waals surface area contributed by atoms with Gasteiger partial charge in [0.1, 0.15) is 0 Å². The average Bonchev–Trinajstić information content (AvgIpc) is 2.74. The van der Waals surface area contributed by atoms with E-state index < -0.39 is 0 Å². The van der Waals surface area contributed by atoms with Gasteiger partial charge in [-0.2, -0.15) is 0 Å². The zero-order valence-electron chi connectivity index (χ0n) is 16.4. The van der Waals surface area contributed by atoms with Crippen LogP contribution in [-0.4, -0.2) is 9.55 Å². The van der Waals surface area contributed by atoms with Crippen molar-refractivity contribution in [2.75, 3.05) is 0 Å². The molecule has 0 saturated carbocycles. The Morgan fingerprint density at radius 2 is 1.89 bits per heavy atom. The lowest BCUT2D eigenvalue weighted by atomic mass is 9.97. The summed E-state index contributed by atoms with van der Waals surface area (Å²) in [7, 11) is 0. The van der Waals surface area contributed by atoms with E-state index in [0.717, 1.165) is 22.8 Å². The Bertz CT molecular complexity index is 1050. The first-order valence-electron chi connectivity index (χ1n) is 10.1. The summed E-state index contributed by atoms with van der Waals surface area (Å²) in [5.74, 6) is 0.813.